The van der Waals surface area contributed by atoms with Crippen LogP contribution in [0.4, 0.5) is 13.2 Å². The average Bonchev–Trinajstić information content (AvgIpc) is 3.26. The van der Waals surface area contributed by atoms with Crippen LogP contribution in [0, 0.1) is 0 Å². The van der Waals surface area contributed by atoms with E-state index in [1.807, 2.05) is 72.8 Å². The van der Waals surface area contributed by atoms with Crippen LogP contribution >= 0.6 is 0 Å². The van der Waals surface area contributed by atoms with Crippen LogP contribution in [0.15, 0.2) is 97.1 Å². The van der Waals surface area contributed by atoms with E-state index in [-0.39, 0.29) is 13.2 Å². The molecule has 1 aromatic heterocycles. The number of aromatic nitrogens is 1. The summed E-state index contributed by atoms with van der Waals surface area (Å²) in [7, 11) is 1.61. The van der Waals surface area contributed by atoms with Gasteiger partial charge in [-0.25, -0.2) is 4.79 Å². The molecule has 0 unspecified atom stereocenters. The molecule has 7 heteroatoms. The molecule has 0 bridgehead atoms. The average molecular weight is 530 g/mol. The number of alkyl halides is 3. The predicted molar refractivity (Wildman–Crippen MR) is 146 cm³/mol. The van der Waals surface area contributed by atoms with Crippen LogP contribution in [0.5, 0.6) is 5.75 Å². The van der Waals surface area contributed by atoms with Gasteiger partial charge in [-0.3, -0.25) is 0 Å². The Morgan fingerprint density at radius 2 is 1.54 bits per heavy atom. The van der Waals surface area contributed by atoms with E-state index in [2.05, 4.69) is 0 Å². The SMILES string of the molecule is CCOC(=O)c1c(-c2ccccc2)c2cc(-c3ccc(OC)cc3)ccc2n1Cc1cccc(C(F)(F)F)c1. The molecule has 4 aromatic carbocycles. The summed E-state index contributed by atoms with van der Waals surface area (Å²) in [6.07, 6.45) is -4.47. The standard InChI is InChI=1S/C32H26F3NO3/c1-3-39-31(37)30-29(23-9-5-4-6-10-23)27-19-24(22-12-15-26(38-2)16-13-22)14-17-28(27)36(30)20-21-8-7-11-25(18-21)32(33,34)35/h4-19H,3,20H2,1-2H3. The zero-order valence-corrected chi connectivity index (χ0v) is 21.5. The summed E-state index contributed by atoms with van der Waals surface area (Å²) in [4.78, 5) is 13.4. The lowest BCUT2D eigenvalue weighted by Crippen LogP contribution is -2.14. The number of esters is 1. The third kappa shape index (κ3) is 5.25. The Morgan fingerprint density at radius 3 is 2.21 bits per heavy atom. The highest BCUT2D eigenvalue weighted by Crippen LogP contribution is 2.39. The van der Waals surface area contributed by atoms with Crippen LogP contribution in [-0.2, 0) is 17.5 Å². The molecule has 1 heterocycles. The molecule has 0 aliphatic rings. The zero-order valence-electron chi connectivity index (χ0n) is 21.5. The first-order valence-electron chi connectivity index (χ1n) is 12.5. The Labute approximate surface area is 224 Å². The molecular weight excluding hydrogens is 503 g/mol. The molecule has 0 spiro atoms. The van der Waals surface area contributed by atoms with E-state index in [9.17, 15) is 18.0 Å². The second kappa shape index (κ2) is 10.7. The van der Waals surface area contributed by atoms with Crippen LogP contribution in [0.25, 0.3) is 33.2 Å². The number of nitrogens with zero attached hydrogens (tertiary/aromatic N) is 1. The van der Waals surface area contributed by atoms with Gasteiger partial charge in [0.25, 0.3) is 0 Å². The van der Waals surface area contributed by atoms with E-state index in [0.717, 1.165) is 40.0 Å². The molecule has 5 aromatic rings. The fourth-order valence-electron chi connectivity index (χ4n) is 4.82. The first-order valence-corrected chi connectivity index (χ1v) is 12.5. The van der Waals surface area contributed by atoms with Crippen LogP contribution in [0.3, 0.4) is 0 Å². The number of carbonyl (C=O) groups is 1. The van der Waals surface area contributed by atoms with E-state index in [4.69, 9.17) is 9.47 Å². The minimum absolute atomic E-state index is 0.0588. The molecule has 0 saturated carbocycles. The summed E-state index contributed by atoms with van der Waals surface area (Å²) in [5.74, 6) is 0.201. The van der Waals surface area contributed by atoms with Gasteiger partial charge in [-0.05, 0) is 65.6 Å². The largest absolute Gasteiger partial charge is 0.497 e. The summed E-state index contributed by atoms with van der Waals surface area (Å²) < 4.78 is 52.9. The summed E-state index contributed by atoms with van der Waals surface area (Å²) in [6.45, 7) is 1.94. The molecule has 0 aliphatic heterocycles. The van der Waals surface area contributed by atoms with Crippen molar-refractivity contribution in [3.8, 4) is 28.0 Å². The van der Waals surface area contributed by atoms with Crippen molar-refractivity contribution in [2.45, 2.75) is 19.6 Å². The Hall–Kier alpha value is -4.52. The highest BCUT2D eigenvalue weighted by molar-refractivity contribution is 6.09. The van der Waals surface area contributed by atoms with Gasteiger partial charge in [0.1, 0.15) is 11.4 Å². The van der Waals surface area contributed by atoms with Crippen molar-refractivity contribution in [3.63, 3.8) is 0 Å². The zero-order chi connectivity index (χ0) is 27.6. The maximum Gasteiger partial charge on any atom is 0.416 e. The summed E-state index contributed by atoms with van der Waals surface area (Å²) in [5, 5.41) is 0.796. The monoisotopic (exact) mass is 529 g/mol. The van der Waals surface area contributed by atoms with Crippen molar-refractivity contribution in [2.75, 3.05) is 13.7 Å². The summed E-state index contributed by atoms with van der Waals surface area (Å²) >= 11 is 0. The van der Waals surface area contributed by atoms with Crippen molar-refractivity contribution in [1.29, 1.82) is 0 Å². The Bertz CT molecular complexity index is 1620. The second-order valence-corrected chi connectivity index (χ2v) is 9.05. The molecule has 0 radical (unpaired) electrons. The molecule has 0 aliphatic carbocycles. The number of halogens is 3. The van der Waals surface area contributed by atoms with Crippen LogP contribution in [0.1, 0.15) is 28.5 Å². The topological polar surface area (TPSA) is 40.5 Å². The number of carbonyl (C=O) groups excluding carboxylic acids is 1. The fourth-order valence-corrected chi connectivity index (χ4v) is 4.82. The molecular formula is C32H26F3NO3. The fraction of sp³-hybridized carbons (Fsp3) is 0.156. The number of methoxy groups -OCH3 is 1. The Morgan fingerprint density at radius 1 is 0.821 bits per heavy atom. The molecule has 0 fully saturated rings. The van der Waals surface area contributed by atoms with Gasteiger partial charge in [-0.15, -0.1) is 0 Å². The third-order valence-corrected chi connectivity index (χ3v) is 6.61. The lowest BCUT2D eigenvalue weighted by Gasteiger charge is -2.13. The van der Waals surface area contributed by atoms with Crippen molar-refractivity contribution < 1.29 is 27.4 Å². The van der Waals surface area contributed by atoms with Gasteiger partial charge >= 0.3 is 12.1 Å². The van der Waals surface area contributed by atoms with E-state index < -0.39 is 17.7 Å². The molecule has 198 valence electrons. The number of hydrogen-bond donors (Lipinski definition) is 0. The summed E-state index contributed by atoms with van der Waals surface area (Å²) in [6, 6.07) is 28.1. The predicted octanol–water partition coefficient (Wildman–Crippen LogP) is 8.23. The lowest BCUT2D eigenvalue weighted by atomic mass is 9.98. The normalized spacial score (nSPS) is 11.5. The van der Waals surface area contributed by atoms with Crippen LogP contribution in [0.2, 0.25) is 0 Å². The van der Waals surface area contributed by atoms with Gasteiger partial charge in [0, 0.05) is 23.0 Å². The first-order chi connectivity index (χ1) is 18.8. The lowest BCUT2D eigenvalue weighted by molar-refractivity contribution is -0.137. The molecule has 0 amide bonds. The minimum Gasteiger partial charge on any atom is -0.497 e. The number of hydrogen-bond acceptors (Lipinski definition) is 3. The smallest absolute Gasteiger partial charge is 0.416 e. The van der Waals surface area contributed by atoms with Gasteiger partial charge in [0.05, 0.1) is 19.3 Å². The minimum atomic E-state index is -4.47. The van der Waals surface area contributed by atoms with Gasteiger partial charge in [-0.2, -0.15) is 13.2 Å². The van der Waals surface area contributed by atoms with E-state index in [1.54, 1.807) is 24.7 Å². The van der Waals surface area contributed by atoms with Gasteiger partial charge in [-0.1, -0.05) is 60.7 Å². The van der Waals surface area contributed by atoms with Gasteiger partial charge < -0.3 is 14.0 Å². The Balaban J connectivity index is 1.76. The number of fused-ring (bicyclic) bond motifs is 1. The van der Waals surface area contributed by atoms with Crippen molar-refractivity contribution in [3.05, 3.63) is 114 Å². The second-order valence-electron chi connectivity index (χ2n) is 9.05. The highest BCUT2D eigenvalue weighted by Gasteiger charge is 2.31. The quantitative estimate of drug-likeness (QED) is 0.199. The van der Waals surface area contributed by atoms with Crippen molar-refractivity contribution in [1.82, 2.24) is 4.57 Å². The van der Waals surface area contributed by atoms with Crippen LogP contribution in [-0.4, -0.2) is 24.3 Å². The number of benzene rings is 4. The van der Waals surface area contributed by atoms with Crippen LogP contribution < -0.4 is 4.74 Å². The number of ether oxygens (including phenoxy) is 2. The van der Waals surface area contributed by atoms with Crippen molar-refractivity contribution in [2.24, 2.45) is 0 Å². The molecule has 0 atom stereocenters. The highest BCUT2D eigenvalue weighted by atomic mass is 19.4. The van der Waals surface area contributed by atoms with Gasteiger partial charge in [0.2, 0.25) is 0 Å². The molecule has 0 N–H and O–H groups in total. The van der Waals surface area contributed by atoms with E-state index in [1.165, 1.54) is 6.07 Å². The third-order valence-electron chi connectivity index (χ3n) is 6.61. The van der Waals surface area contributed by atoms with E-state index in [0.29, 0.717) is 22.3 Å². The molecule has 5 rings (SSSR count). The van der Waals surface area contributed by atoms with E-state index >= 15 is 0 Å². The first kappa shape index (κ1) is 26.1. The van der Waals surface area contributed by atoms with Crippen molar-refractivity contribution >= 4 is 16.9 Å². The molecule has 0 saturated heterocycles. The molecule has 4 nitrogen and oxygen atoms in total. The van der Waals surface area contributed by atoms with Gasteiger partial charge in [0.15, 0.2) is 0 Å². The summed E-state index contributed by atoms with van der Waals surface area (Å²) in [5.41, 5.74) is 4.06. The maximum absolute atomic E-state index is 13.5. The number of rotatable bonds is 7. The Kier molecular flexibility index (Phi) is 7.15. The molecule has 39 heavy (non-hydrogen) atoms. The maximum atomic E-state index is 13.5.